The zero-order chi connectivity index (χ0) is 17.8. The number of fused-ring (bicyclic) bond motifs is 1. The Morgan fingerprint density at radius 2 is 1.80 bits per heavy atom. The Hall–Kier alpha value is -1.92. The molecule has 2 aromatic rings. The van der Waals surface area contributed by atoms with Crippen molar-refractivity contribution in [3.05, 3.63) is 24.0 Å². The SMILES string of the molecule is CCC(=O)Nc1ccc2c(c1)nc(CN1CCN(CC)CC1)n2CC. The number of benzene rings is 1. The molecule has 0 unspecified atom stereocenters. The quantitative estimate of drug-likeness (QED) is 0.876. The van der Waals surface area contributed by atoms with Crippen molar-refractivity contribution >= 4 is 22.6 Å². The summed E-state index contributed by atoms with van der Waals surface area (Å²) in [5.74, 6) is 1.14. The molecule has 0 saturated carbocycles. The highest BCUT2D eigenvalue weighted by Gasteiger charge is 2.18. The number of hydrogen-bond donors (Lipinski definition) is 1. The van der Waals surface area contributed by atoms with Crippen LogP contribution in [0.2, 0.25) is 0 Å². The van der Waals surface area contributed by atoms with Gasteiger partial charge in [0.2, 0.25) is 5.91 Å². The number of nitrogens with zero attached hydrogens (tertiary/aromatic N) is 4. The third kappa shape index (κ3) is 4.02. The van der Waals surface area contributed by atoms with Crippen LogP contribution in [0.4, 0.5) is 5.69 Å². The van der Waals surface area contributed by atoms with Crippen LogP contribution in [0.25, 0.3) is 11.0 Å². The molecule has 1 saturated heterocycles. The third-order valence-corrected chi connectivity index (χ3v) is 5.03. The van der Waals surface area contributed by atoms with E-state index in [9.17, 15) is 4.79 Å². The van der Waals surface area contributed by atoms with E-state index >= 15 is 0 Å². The predicted molar refractivity (Wildman–Crippen MR) is 102 cm³/mol. The number of piperazine rings is 1. The maximum atomic E-state index is 11.6. The number of aryl methyl sites for hydroxylation is 1. The average Bonchev–Trinajstić information content (AvgIpc) is 2.98. The van der Waals surface area contributed by atoms with Crippen LogP contribution in [0.1, 0.15) is 33.0 Å². The molecule has 0 bridgehead atoms. The molecule has 0 spiro atoms. The lowest BCUT2D eigenvalue weighted by atomic mass is 10.2. The van der Waals surface area contributed by atoms with Crippen molar-refractivity contribution in [3.8, 4) is 0 Å². The van der Waals surface area contributed by atoms with E-state index in [0.717, 1.165) is 68.4 Å². The van der Waals surface area contributed by atoms with Crippen LogP contribution >= 0.6 is 0 Å². The van der Waals surface area contributed by atoms with Gasteiger partial charge in [0, 0.05) is 44.8 Å². The predicted octanol–water partition coefficient (Wildman–Crippen LogP) is 2.54. The second kappa shape index (κ2) is 7.97. The van der Waals surface area contributed by atoms with Crippen molar-refractivity contribution in [1.29, 1.82) is 0 Å². The lowest BCUT2D eigenvalue weighted by Crippen LogP contribution is -2.45. The lowest BCUT2D eigenvalue weighted by Gasteiger charge is -2.33. The molecular weight excluding hydrogens is 314 g/mol. The fourth-order valence-electron chi connectivity index (χ4n) is 3.44. The number of aromatic nitrogens is 2. The van der Waals surface area contributed by atoms with Crippen molar-refractivity contribution in [1.82, 2.24) is 19.4 Å². The van der Waals surface area contributed by atoms with E-state index in [4.69, 9.17) is 4.98 Å². The van der Waals surface area contributed by atoms with Crippen LogP contribution in [0.15, 0.2) is 18.2 Å². The van der Waals surface area contributed by atoms with Crippen LogP contribution in [0.3, 0.4) is 0 Å². The fraction of sp³-hybridized carbons (Fsp3) is 0.579. The van der Waals surface area contributed by atoms with E-state index < -0.39 is 0 Å². The normalized spacial score (nSPS) is 16.4. The third-order valence-electron chi connectivity index (χ3n) is 5.03. The fourth-order valence-corrected chi connectivity index (χ4v) is 3.44. The summed E-state index contributed by atoms with van der Waals surface area (Å²) in [6.45, 7) is 13.6. The van der Waals surface area contributed by atoms with Gasteiger partial charge in [0.15, 0.2) is 0 Å². The average molecular weight is 343 g/mol. The maximum absolute atomic E-state index is 11.6. The summed E-state index contributed by atoms with van der Waals surface area (Å²) in [6.07, 6.45) is 0.483. The molecule has 2 heterocycles. The molecule has 0 atom stereocenters. The van der Waals surface area contributed by atoms with Crippen molar-refractivity contribution in [3.63, 3.8) is 0 Å². The number of hydrogen-bond acceptors (Lipinski definition) is 4. The summed E-state index contributed by atoms with van der Waals surface area (Å²) in [5, 5.41) is 2.92. The van der Waals surface area contributed by atoms with E-state index in [1.807, 2.05) is 19.1 Å². The minimum atomic E-state index is 0.0308. The standard InChI is InChI=1S/C19H29N5O/c1-4-19(25)20-15-7-8-17-16(13-15)21-18(24(17)6-3)14-23-11-9-22(5-2)10-12-23/h7-8,13H,4-6,9-12,14H2,1-3H3,(H,20,25). The van der Waals surface area contributed by atoms with Crippen LogP contribution in [-0.2, 0) is 17.9 Å². The zero-order valence-corrected chi connectivity index (χ0v) is 15.6. The minimum absolute atomic E-state index is 0.0308. The van der Waals surface area contributed by atoms with Crippen LogP contribution in [-0.4, -0.2) is 58.0 Å². The molecular formula is C19H29N5O. The second-order valence-corrected chi connectivity index (χ2v) is 6.59. The Balaban J connectivity index is 1.79. The summed E-state index contributed by atoms with van der Waals surface area (Å²) in [7, 11) is 0. The van der Waals surface area contributed by atoms with Crippen molar-refractivity contribution in [2.45, 2.75) is 40.3 Å². The first kappa shape index (κ1) is 17.9. The summed E-state index contributed by atoms with van der Waals surface area (Å²) in [4.78, 5) is 21.5. The molecule has 1 fully saturated rings. The van der Waals surface area contributed by atoms with Crippen LogP contribution < -0.4 is 5.32 Å². The number of likely N-dealkylation sites (N-methyl/N-ethyl adjacent to an activating group) is 1. The van der Waals surface area contributed by atoms with E-state index in [1.54, 1.807) is 0 Å². The molecule has 1 N–H and O–H groups in total. The first-order chi connectivity index (χ1) is 12.1. The Labute approximate surface area is 149 Å². The van der Waals surface area contributed by atoms with E-state index in [2.05, 4.69) is 39.6 Å². The van der Waals surface area contributed by atoms with Gasteiger partial charge in [0.25, 0.3) is 0 Å². The number of rotatable bonds is 6. The molecule has 1 aromatic carbocycles. The molecule has 25 heavy (non-hydrogen) atoms. The van der Waals surface area contributed by atoms with E-state index in [0.29, 0.717) is 6.42 Å². The van der Waals surface area contributed by atoms with Gasteiger partial charge in [-0.2, -0.15) is 0 Å². The molecule has 6 nitrogen and oxygen atoms in total. The van der Waals surface area contributed by atoms with Gasteiger partial charge in [-0.25, -0.2) is 4.98 Å². The van der Waals surface area contributed by atoms with Crippen LogP contribution in [0.5, 0.6) is 0 Å². The highest BCUT2D eigenvalue weighted by molar-refractivity contribution is 5.92. The van der Waals surface area contributed by atoms with Crippen molar-refractivity contribution in [2.75, 3.05) is 38.0 Å². The number of imidazole rings is 1. The second-order valence-electron chi connectivity index (χ2n) is 6.59. The van der Waals surface area contributed by atoms with Gasteiger partial charge in [-0.05, 0) is 31.7 Å². The Morgan fingerprint density at radius 3 is 2.44 bits per heavy atom. The number of amides is 1. The van der Waals surface area contributed by atoms with Gasteiger partial charge in [0.1, 0.15) is 5.82 Å². The molecule has 136 valence electrons. The first-order valence-corrected chi connectivity index (χ1v) is 9.38. The number of anilines is 1. The first-order valence-electron chi connectivity index (χ1n) is 9.38. The van der Waals surface area contributed by atoms with Gasteiger partial charge < -0.3 is 14.8 Å². The molecule has 1 aliphatic rings. The summed E-state index contributed by atoms with van der Waals surface area (Å²) >= 11 is 0. The zero-order valence-electron chi connectivity index (χ0n) is 15.6. The molecule has 1 amide bonds. The van der Waals surface area contributed by atoms with Crippen molar-refractivity contribution in [2.24, 2.45) is 0 Å². The van der Waals surface area contributed by atoms with Gasteiger partial charge in [0.05, 0.1) is 17.6 Å². The Bertz CT molecular complexity index is 731. The van der Waals surface area contributed by atoms with Crippen molar-refractivity contribution < 1.29 is 4.79 Å². The highest BCUT2D eigenvalue weighted by atomic mass is 16.1. The summed E-state index contributed by atoms with van der Waals surface area (Å²) in [6, 6.07) is 6.01. The van der Waals surface area contributed by atoms with E-state index in [-0.39, 0.29) is 5.91 Å². The monoisotopic (exact) mass is 343 g/mol. The summed E-state index contributed by atoms with van der Waals surface area (Å²) in [5.41, 5.74) is 2.92. The maximum Gasteiger partial charge on any atom is 0.224 e. The molecule has 0 radical (unpaired) electrons. The molecule has 6 heteroatoms. The molecule has 3 rings (SSSR count). The highest BCUT2D eigenvalue weighted by Crippen LogP contribution is 2.22. The number of nitrogens with one attached hydrogen (secondary N) is 1. The summed E-state index contributed by atoms with van der Waals surface area (Å²) < 4.78 is 2.28. The van der Waals surface area contributed by atoms with Gasteiger partial charge in [-0.15, -0.1) is 0 Å². The van der Waals surface area contributed by atoms with Gasteiger partial charge >= 0.3 is 0 Å². The molecule has 1 aromatic heterocycles. The number of carbonyl (C=O) groups excluding carboxylic acids is 1. The molecule has 1 aliphatic heterocycles. The largest absolute Gasteiger partial charge is 0.327 e. The van der Waals surface area contributed by atoms with Crippen LogP contribution in [0, 0.1) is 0 Å². The van der Waals surface area contributed by atoms with E-state index in [1.165, 1.54) is 0 Å². The molecule has 0 aliphatic carbocycles. The topological polar surface area (TPSA) is 53.4 Å². The number of carbonyl (C=O) groups is 1. The van der Waals surface area contributed by atoms with Gasteiger partial charge in [-0.1, -0.05) is 13.8 Å². The Kier molecular flexibility index (Phi) is 5.71. The Morgan fingerprint density at radius 1 is 1.08 bits per heavy atom. The minimum Gasteiger partial charge on any atom is -0.327 e. The smallest absolute Gasteiger partial charge is 0.224 e. The lowest BCUT2D eigenvalue weighted by molar-refractivity contribution is -0.115. The van der Waals surface area contributed by atoms with Gasteiger partial charge in [-0.3, -0.25) is 9.69 Å².